The zero-order chi connectivity index (χ0) is 15.5. The van der Waals surface area contributed by atoms with Crippen molar-refractivity contribution < 1.29 is 19.1 Å². The van der Waals surface area contributed by atoms with E-state index in [9.17, 15) is 9.59 Å². The van der Waals surface area contributed by atoms with Gasteiger partial charge in [0.1, 0.15) is 0 Å². The molecule has 1 aromatic carbocycles. The van der Waals surface area contributed by atoms with E-state index in [4.69, 9.17) is 4.74 Å². The molecular weight excluding hydrogens is 270 g/mol. The maximum Gasteiger partial charge on any atom is 0.305 e. The molecule has 0 radical (unpaired) electrons. The van der Waals surface area contributed by atoms with Gasteiger partial charge in [0.15, 0.2) is 12.5 Å². The van der Waals surface area contributed by atoms with Gasteiger partial charge in [-0.15, -0.1) is 0 Å². The van der Waals surface area contributed by atoms with Gasteiger partial charge in [0.25, 0.3) is 0 Å². The fraction of sp³-hybridized carbons (Fsp3) is 0.500. The average Bonchev–Trinajstić information content (AvgIpc) is 2.52. The Morgan fingerprint density at radius 1 is 1.33 bits per heavy atom. The summed E-state index contributed by atoms with van der Waals surface area (Å²) in [4.78, 5) is 24.3. The molecule has 0 amide bonds. The predicted molar refractivity (Wildman–Crippen MR) is 79.6 cm³/mol. The number of hydrogen-bond acceptors (Lipinski definition) is 5. The third kappa shape index (κ3) is 6.51. The van der Waals surface area contributed by atoms with Gasteiger partial charge in [-0.05, 0) is 18.9 Å². The van der Waals surface area contributed by atoms with Crippen molar-refractivity contribution in [3.63, 3.8) is 0 Å². The average molecular weight is 293 g/mol. The molecule has 0 aliphatic rings. The topological polar surface area (TPSA) is 55.8 Å². The Kier molecular flexibility index (Phi) is 8.31. The summed E-state index contributed by atoms with van der Waals surface area (Å²) in [5.41, 5.74) is 1.10. The molecule has 5 heteroatoms. The lowest BCUT2D eigenvalue weighted by molar-refractivity contribution is -0.141. The zero-order valence-corrected chi connectivity index (χ0v) is 12.7. The van der Waals surface area contributed by atoms with Crippen molar-refractivity contribution in [1.29, 1.82) is 0 Å². The molecule has 0 saturated carbocycles. The normalized spacial score (nSPS) is 12.1. The van der Waals surface area contributed by atoms with Crippen LogP contribution >= 0.6 is 0 Å². The number of aldehydes is 1. The minimum Gasteiger partial charge on any atom is -0.469 e. The van der Waals surface area contributed by atoms with Crippen LogP contribution in [0.4, 0.5) is 0 Å². The molecular formula is C16H23NO4. The Balaban J connectivity index is 2.64. The molecule has 1 unspecified atom stereocenters. The van der Waals surface area contributed by atoms with Gasteiger partial charge in [-0.2, -0.15) is 0 Å². The quantitative estimate of drug-likeness (QED) is 0.375. The summed E-state index contributed by atoms with van der Waals surface area (Å²) in [6, 6.07) is 9.87. The van der Waals surface area contributed by atoms with E-state index in [1.807, 2.05) is 42.2 Å². The van der Waals surface area contributed by atoms with Crippen LogP contribution < -0.4 is 0 Å². The molecule has 1 rings (SSSR count). The second kappa shape index (κ2) is 10.1. The first-order valence-corrected chi connectivity index (χ1v) is 7.13. The predicted octanol–water partition coefficient (Wildman–Crippen LogP) is 2.00. The molecule has 0 aliphatic carbocycles. The molecule has 0 heterocycles. The van der Waals surface area contributed by atoms with Crippen molar-refractivity contribution in [1.82, 2.24) is 4.90 Å². The van der Waals surface area contributed by atoms with Crippen LogP contribution in [0, 0.1) is 0 Å². The van der Waals surface area contributed by atoms with Gasteiger partial charge in [0.05, 0.1) is 7.11 Å². The number of carbonyl (C=O) groups excluding carboxylic acids is 2. The Labute approximate surface area is 125 Å². The van der Waals surface area contributed by atoms with Crippen molar-refractivity contribution in [3.05, 3.63) is 35.9 Å². The van der Waals surface area contributed by atoms with Gasteiger partial charge in [-0.25, -0.2) is 0 Å². The number of hydrogen-bond donors (Lipinski definition) is 0. The van der Waals surface area contributed by atoms with Crippen LogP contribution in [0.3, 0.4) is 0 Å². The molecule has 0 aromatic heterocycles. The van der Waals surface area contributed by atoms with E-state index in [0.717, 1.165) is 11.8 Å². The summed E-state index contributed by atoms with van der Waals surface area (Å²) in [6.07, 6.45) is 1.16. The summed E-state index contributed by atoms with van der Waals surface area (Å²) in [5.74, 6) is -0.242. The van der Waals surface area contributed by atoms with Gasteiger partial charge in [0, 0.05) is 26.1 Å². The van der Waals surface area contributed by atoms with Gasteiger partial charge >= 0.3 is 5.97 Å². The molecule has 21 heavy (non-hydrogen) atoms. The molecule has 0 spiro atoms. The van der Waals surface area contributed by atoms with Crippen molar-refractivity contribution in [2.24, 2.45) is 0 Å². The standard InChI is InChI=1S/C16H23NO4/c1-3-21-15(13-18)17(11-7-10-16(19)20-2)12-14-8-5-4-6-9-14/h4-6,8-9,13,15H,3,7,10-12H2,1-2H3. The van der Waals surface area contributed by atoms with E-state index >= 15 is 0 Å². The van der Waals surface area contributed by atoms with E-state index in [-0.39, 0.29) is 5.97 Å². The van der Waals surface area contributed by atoms with E-state index in [2.05, 4.69) is 4.74 Å². The van der Waals surface area contributed by atoms with Crippen molar-refractivity contribution in [2.75, 3.05) is 20.3 Å². The first kappa shape index (κ1) is 17.3. The summed E-state index contributed by atoms with van der Waals surface area (Å²) in [6.45, 7) is 3.51. The second-order valence-electron chi connectivity index (χ2n) is 4.62. The third-order valence-corrected chi connectivity index (χ3v) is 3.10. The minimum atomic E-state index is -0.590. The molecule has 5 nitrogen and oxygen atoms in total. The van der Waals surface area contributed by atoms with E-state index in [1.54, 1.807) is 0 Å². The van der Waals surface area contributed by atoms with Crippen molar-refractivity contribution in [3.8, 4) is 0 Å². The second-order valence-corrected chi connectivity index (χ2v) is 4.62. The summed E-state index contributed by atoms with van der Waals surface area (Å²) in [7, 11) is 1.37. The van der Waals surface area contributed by atoms with Gasteiger partial charge in [-0.3, -0.25) is 14.5 Å². The lowest BCUT2D eigenvalue weighted by Crippen LogP contribution is -2.39. The maximum absolute atomic E-state index is 11.2. The third-order valence-electron chi connectivity index (χ3n) is 3.10. The molecule has 0 fully saturated rings. The number of nitrogens with zero attached hydrogens (tertiary/aromatic N) is 1. The number of methoxy groups -OCH3 is 1. The molecule has 0 N–H and O–H groups in total. The van der Waals surface area contributed by atoms with Crippen LogP contribution in [0.1, 0.15) is 25.3 Å². The van der Waals surface area contributed by atoms with Gasteiger partial charge in [0.2, 0.25) is 0 Å². The first-order valence-electron chi connectivity index (χ1n) is 7.13. The van der Waals surface area contributed by atoms with Crippen LogP contribution in [0.2, 0.25) is 0 Å². The number of ether oxygens (including phenoxy) is 2. The van der Waals surface area contributed by atoms with Gasteiger partial charge < -0.3 is 9.47 Å². The summed E-state index contributed by atoms with van der Waals surface area (Å²) in [5, 5.41) is 0. The zero-order valence-electron chi connectivity index (χ0n) is 12.7. The monoisotopic (exact) mass is 293 g/mol. The van der Waals surface area contributed by atoms with Crippen molar-refractivity contribution in [2.45, 2.75) is 32.5 Å². The minimum absolute atomic E-state index is 0.242. The number of benzene rings is 1. The molecule has 1 atom stereocenters. The molecule has 0 bridgehead atoms. The van der Waals surface area contributed by atoms with Crippen LogP contribution in [0.5, 0.6) is 0 Å². The number of rotatable bonds is 10. The fourth-order valence-corrected chi connectivity index (χ4v) is 2.04. The van der Waals surface area contributed by atoms with Crippen LogP contribution in [-0.4, -0.2) is 43.6 Å². The lowest BCUT2D eigenvalue weighted by Gasteiger charge is -2.27. The van der Waals surface area contributed by atoms with Crippen LogP contribution in [0.25, 0.3) is 0 Å². The number of carbonyl (C=O) groups is 2. The fourth-order valence-electron chi connectivity index (χ4n) is 2.04. The lowest BCUT2D eigenvalue weighted by atomic mass is 10.2. The smallest absolute Gasteiger partial charge is 0.305 e. The Hall–Kier alpha value is -1.72. The SMILES string of the molecule is CCOC(C=O)N(CCCC(=O)OC)Cc1ccccc1. The molecule has 0 aliphatic heterocycles. The largest absolute Gasteiger partial charge is 0.469 e. The molecule has 0 saturated heterocycles. The summed E-state index contributed by atoms with van der Waals surface area (Å²) >= 11 is 0. The van der Waals surface area contributed by atoms with Gasteiger partial charge in [-0.1, -0.05) is 30.3 Å². The molecule has 1 aromatic rings. The highest BCUT2D eigenvalue weighted by Gasteiger charge is 2.18. The van der Waals surface area contributed by atoms with E-state index in [1.165, 1.54) is 7.11 Å². The summed E-state index contributed by atoms with van der Waals surface area (Å²) < 4.78 is 10.1. The highest BCUT2D eigenvalue weighted by Crippen LogP contribution is 2.10. The molecule has 116 valence electrons. The Bertz CT molecular complexity index is 422. The van der Waals surface area contributed by atoms with Crippen molar-refractivity contribution >= 4 is 12.3 Å². The van der Waals surface area contributed by atoms with Crippen LogP contribution in [-0.2, 0) is 25.6 Å². The Morgan fingerprint density at radius 2 is 2.05 bits per heavy atom. The number of esters is 1. The highest BCUT2D eigenvalue weighted by molar-refractivity contribution is 5.69. The highest BCUT2D eigenvalue weighted by atomic mass is 16.5. The van der Waals surface area contributed by atoms with E-state index in [0.29, 0.717) is 32.5 Å². The Morgan fingerprint density at radius 3 is 2.62 bits per heavy atom. The maximum atomic E-state index is 11.2. The van der Waals surface area contributed by atoms with Crippen LogP contribution in [0.15, 0.2) is 30.3 Å². The van der Waals surface area contributed by atoms with E-state index < -0.39 is 6.23 Å². The first-order chi connectivity index (χ1) is 10.2.